The van der Waals surface area contributed by atoms with E-state index in [4.69, 9.17) is 23.2 Å². The second-order valence-electron chi connectivity index (χ2n) is 10.5. The van der Waals surface area contributed by atoms with Crippen LogP contribution in [0.5, 0.6) is 0 Å². The van der Waals surface area contributed by atoms with E-state index in [0.29, 0.717) is 84.0 Å². The Morgan fingerprint density at radius 1 is 0.409 bits per heavy atom. The first-order valence-corrected chi connectivity index (χ1v) is 15.0. The highest BCUT2D eigenvalue weighted by Gasteiger charge is 2.34. The zero-order valence-electron chi connectivity index (χ0n) is 23.6. The number of rotatable bonds is 11. The Labute approximate surface area is 264 Å². The maximum atomic E-state index is 13.2. The van der Waals surface area contributed by atoms with Gasteiger partial charge in [0.05, 0.1) is 32.3 Å². The number of anilines is 2. The van der Waals surface area contributed by atoms with Crippen molar-refractivity contribution in [2.45, 2.75) is 0 Å². The molecule has 4 N–H and O–H groups in total. The van der Waals surface area contributed by atoms with Crippen molar-refractivity contribution >= 4 is 57.7 Å². The van der Waals surface area contributed by atoms with Crippen LogP contribution in [0.2, 0.25) is 10.0 Å². The Balaban J connectivity index is 0.946. The van der Waals surface area contributed by atoms with E-state index in [1.807, 2.05) is 0 Å². The average Bonchev–Trinajstić information content (AvgIpc) is 3.03. The summed E-state index contributed by atoms with van der Waals surface area (Å²) >= 11 is 12.5. The number of carbonyl (C=O) groups excluding carboxylic acids is 4. The maximum Gasteiger partial charge on any atom is 0.196 e. The normalized spacial score (nSPS) is 13.2. The fraction of sp³-hybridized carbons (Fsp3) is 0.176. The van der Waals surface area contributed by atoms with Crippen molar-refractivity contribution in [1.82, 2.24) is 10.6 Å². The smallest absolute Gasteiger partial charge is 0.196 e. The van der Waals surface area contributed by atoms with Crippen LogP contribution in [-0.4, -0.2) is 62.4 Å². The molecule has 0 heterocycles. The first-order valence-electron chi connectivity index (χ1n) is 14.3. The van der Waals surface area contributed by atoms with E-state index in [-0.39, 0.29) is 44.3 Å². The molecule has 0 bridgehead atoms. The van der Waals surface area contributed by atoms with E-state index in [0.717, 1.165) is 0 Å². The summed E-state index contributed by atoms with van der Waals surface area (Å²) < 4.78 is 0. The van der Waals surface area contributed by atoms with Crippen molar-refractivity contribution in [3.05, 3.63) is 127 Å². The van der Waals surface area contributed by atoms with Crippen LogP contribution in [0.25, 0.3) is 0 Å². The van der Waals surface area contributed by atoms with E-state index < -0.39 is 0 Å². The van der Waals surface area contributed by atoms with E-state index >= 15 is 0 Å². The van der Waals surface area contributed by atoms with Gasteiger partial charge < -0.3 is 21.3 Å². The first-order chi connectivity index (χ1) is 21.4. The standard InChI is InChI=1S/C34H28Cl2N4O4/c35-23-9-1-5-19-27(23)31(41)21-7-3-11-25(29(21)33(19)43)39-17-15-37-13-14-38-16-18-40-26-12-4-8-22-30(26)34(44)20-6-2-10-24(36)28(20)32(22)42/h1-12,37-40H,13-18H2. The van der Waals surface area contributed by atoms with Gasteiger partial charge >= 0.3 is 0 Å². The third-order valence-electron chi connectivity index (χ3n) is 7.76. The Kier molecular flexibility index (Phi) is 8.59. The predicted molar refractivity (Wildman–Crippen MR) is 172 cm³/mol. The molecule has 222 valence electrons. The van der Waals surface area contributed by atoms with Gasteiger partial charge in [0.25, 0.3) is 0 Å². The van der Waals surface area contributed by atoms with Gasteiger partial charge in [-0.15, -0.1) is 0 Å². The molecule has 10 heteroatoms. The summed E-state index contributed by atoms with van der Waals surface area (Å²) in [5.41, 5.74) is 3.86. The van der Waals surface area contributed by atoms with E-state index in [2.05, 4.69) is 21.3 Å². The van der Waals surface area contributed by atoms with Crippen LogP contribution in [0.15, 0.2) is 72.8 Å². The van der Waals surface area contributed by atoms with Crippen molar-refractivity contribution in [1.29, 1.82) is 0 Å². The van der Waals surface area contributed by atoms with Crippen LogP contribution < -0.4 is 21.3 Å². The first kappa shape index (κ1) is 29.7. The molecular weight excluding hydrogens is 599 g/mol. The van der Waals surface area contributed by atoms with Gasteiger partial charge in [0.15, 0.2) is 23.1 Å². The summed E-state index contributed by atoms with van der Waals surface area (Å²) in [5.74, 6) is -0.922. The maximum absolute atomic E-state index is 13.2. The molecule has 2 aliphatic rings. The Hall–Kier alpha value is -4.34. The lowest BCUT2D eigenvalue weighted by atomic mass is 9.83. The van der Waals surface area contributed by atoms with Crippen molar-refractivity contribution in [3.8, 4) is 0 Å². The van der Waals surface area contributed by atoms with Gasteiger partial charge in [0, 0.05) is 72.9 Å². The molecular formula is C34H28Cl2N4O4. The zero-order valence-corrected chi connectivity index (χ0v) is 25.1. The fourth-order valence-corrected chi connectivity index (χ4v) is 6.21. The number of halogens is 2. The van der Waals surface area contributed by atoms with Gasteiger partial charge in [-0.05, 0) is 24.3 Å². The zero-order chi connectivity index (χ0) is 30.8. The van der Waals surface area contributed by atoms with Crippen LogP contribution in [0.1, 0.15) is 63.7 Å². The van der Waals surface area contributed by atoms with Crippen molar-refractivity contribution in [2.75, 3.05) is 49.9 Å². The molecule has 4 aromatic rings. The van der Waals surface area contributed by atoms with E-state index in [1.165, 1.54) is 0 Å². The van der Waals surface area contributed by atoms with Crippen molar-refractivity contribution < 1.29 is 19.2 Å². The van der Waals surface area contributed by atoms with Crippen molar-refractivity contribution in [2.24, 2.45) is 0 Å². The van der Waals surface area contributed by atoms with E-state index in [1.54, 1.807) is 72.8 Å². The molecule has 0 spiro atoms. The van der Waals surface area contributed by atoms with Gasteiger partial charge in [0.1, 0.15) is 0 Å². The van der Waals surface area contributed by atoms with Crippen LogP contribution in [0.4, 0.5) is 11.4 Å². The molecule has 0 fully saturated rings. The highest BCUT2D eigenvalue weighted by Crippen LogP contribution is 2.36. The Morgan fingerprint density at radius 2 is 0.727 bits per heavy atom. The highest BCUT2D eigenvalue weighted by atomic mass is 35.5. The Morgan fingerprint density at radius 3 is 1.14 bits per heavy atom. The highest BCUT2D eigenvalue weighted by molar-refractivity contribution is 6.40. The number of nitrogens with one attached hydrogen (secondary N) is 4. The summed E-state index contributed by atoms with van der Waals surface area (Å²) in [6.07, 6.45) is 0. The van der Waals surface area contributed by atoms with Gasteiger partial charge in [-0.1, -0.05) is 71.7 Å². The number of benzene rings is 4. The molecule has 0 saturated heterocycles. The second-order valence-corrected chi connectivity index (χ2v) is 11.3. The molecule has 6 rings (SSSR count). The number of hydrogen-bond acceptors (Lipinski definition) is 8. The lowest BCUT2D eigenvalue weighted by molar-refractivity contribution is 0.0979. The van der Waals surface area contributed by atoms with Crippen molar-refractivity contribution in [3.63, 3.8) is 0 Å². The van der Waals surface area contributed by atoms with Gasteiger partial charge in [-0.2, -0.15) is 0 Å². The molecule has 0 aliphatic heterocycles. The summed E-state index contributed by atoms with van der Waals surface area (Å²) in [7, 11) is 0. The molecule has 0 atom stereocenters. The van der Waals surface area contributed by atoms with Gasteiger partial charge in [-0.25, -0.2) is 0 Å². The second kappa shape index (κ2) is 12.7. The van der Waals surface area contributed by atoms with Gasteiger partial charge in [-0.3, -0.25) is 19.2 Å². The van der Waals surface area contributed by atoms with Crippen LogP contribution in [0.3, 0.4) is 0 Å². The quantitative estimate of drug-likeness (QED) is 0.144. The lowest BCUT2D eigenvalue weighted by Crippen LogP contribution is -2.33. The number of carbonyl (C=O) groups is 4. The molecule has 2 aliphatic carbocycles. The topological polar surface area (TPSA) is 116 Å². The lowest BCUT2D eigenvalue weighted by Gasteiger charge is -2.21. The SMILES string of the molecule is O=C1c2cccc(NCCNCCNCCNc3cccc4c3C(=O)c3cccc(Cl)c3C4=O)c2C(=O)c2cccc(Cl)c21. The monoisotopic (exact) mass is 626 g/mol. The third-order valence-corrected chi connectivity index (χ3v) is 8.39. The number of fused-ring (bicyclic) bond motifs is 4. The number of hydrogen-bond donors (Lipinski definition) is 4. The average molecular weight is 628 g/mol. The molecule has 4 aromatic carbocycles. The van der Waals surface area contributed by atoms with E-state index in [9.17, 15) is 19.2 Å². The summed E-state index contributed by atoms with van der Waals surface area (Å²) in [6, 6.07) is 20.3. The predicted octanol–water partition coefficient (Wildman–Crippen LogP) is 5.25. The van der Waals surface area contributed by atoms with Crippen LogP contribution in [-0.2, 0) is 0 Å². The molecule has 8 nitrogen and oxygen atoms in total. The largest absolute Gasteiger partial charge is 0.383 e. The molecule has 0 amide bonds. The minimum absolute atomic E-state index is 0.216. The molecule has 0 aromatic heterocycles. The summed E-state index contributed by atoms with van der Waals surface area (Å²) in [4.78, 5) is 52.6. The van der Waals surface area contributed by atoms with Crippen LogP contribution in [0, 0.1) is 0 Å². The number of ketones is 4. The minimum Gasteiger partial charge on any atom is -0.383 e. The minimum atomic E-state index is -0.245. The van der Waals surface area contributed by atoms with Gasteiger partial charge in [0.2, 0.25) is 0 Å². The molecule has 0 saturated carbocycles. The van der Waals surface area contributed by atoms with Crippen LogP contribution >= 0.6 is 23.2 Å². The molecule has 0 unspecified atom stereocenters. The summed E-state index contributed by atoms with van der Waals surface area (Å²) in [6.45, 7) is 3.83. The molecule has 0 radical (unpaired) electrons. The third kappa shape index (κ3) is 5.42. The Bertz CT molecular complexity index is 1710. The molecule has 44 heavy (non-hydrogen) atoms. The fourth-order valence-electron chi connectivity index (χ4n) is 5.69. The summed E-state index contributed by atoms with van der Waals surface area (Å²) in [5, 5.41) is 13.8.